The lowest BCUT2D eigenvalue weighted by atomic mass is 10.1. The van der Waals surface area contributed by atoms with Crippen LogP contribution in [0.3, 0.4) is 0 Å². The second-order valence-electron chi connectivity index (χ2n) is 4.07. The molecule has 0 aliphatic carbocycles. The largest absolute Gasteiger partial charge is 0.481 e. The molecule has 2 aromatic rings. The van der Waals surface area contributed by atoms with Gasteiger partial charge in [0.1, 0.15) is 0 Å². The van der Waals surface area contributed by atoms with Gasteiger partial charge in [0.15, 0.2) is 0 Å². The highest BCUT2D eigenvalue weighted by Gasteiger charge is 2.05. The van der Waals surface area contributed by atoms with Crippen LogP contribution in [0.1, 0.15) is 11.1 Å². The van der Waals surface area contributed by atoms with E-state index in [1.54, 1.807) is 0 Å². The maximum absolute atomic E-state index is 10.8. The number of carbonyl (C=O) groups is 1. The first kappa shape index (κ1) is 12.2. The first-order valence-corrected chi connectivity index (χ1v) is 5.83. The van der Waals surface area contributed by atoms with Gasteiger partial charge in [0.05, 0.1) is 6.42 Å². The van der Waals surface area contributed by atoms with Gasteiger partial charge in [0.25, 0.3) is 0 Å². The van der Waals surface area contributed by atoms with Crippen molar-refractivity contribution in [1.29, 1.82) is 0 Å². The van der Waals surface area contributed by atoms with Crippen LogP contribution in [0.25, 0.3) is 0 Å². The standard InChI is InChI=1S/C15H15NO2/c17-15(18)10-13-8-4-5-9-14(13)16-11-12-6-2-1-3-7-12/h1-9,16H,10-11H2,(H,17,18). The number of rotatable bonds is 5. The summed E-state index contributed by atoms with van der Waals surface area (Å²) in [6.07, 6.45) is 0.0396. The van der Waals surface area contributed by atoms with Crippen LogP contribution in [0.4, 0.5) is 5.69 Å². The Morgan fingerprint density at radius 2 is 1.67 bits per heavy atom. The minimum absolute atomic E-state index is 0.0396. The van der Waals surface area contributed by atoms with Crippen LogP contribution >= 0.6 is 0 Å². The van der Waals surface area contributed by atoms with Crippen molar-refractivity contribution in [2.45, 2.75) is 13.0 Å². The maximum Gasteiger partial charge on any atom is 0.307 e. The van der Waals surface area contributed by atoms with Crippen molar-refractivity contribution in [3.8, 4) is 0 Å². The Morgan fingerprint density at radius 3 is 2.39 bits per heavy atom. The Hall–Kier alpha value is -2.29. The predicted octanol–water partition coefficient (Wildman–Crippen LogP) is 2.93. The Labute approximate surface area is 106 Å². The Morgan fingerprint density at radius 1 is 1.00 bits per heavy atom. The molecule has 0 saturated heterocycles. The first-order valence-electron chi connectivity index (χ1n) is 5.83. The van der Waals surface area contributed by atoms with E-state index in [0.29, 0.717) is 6.54 Å². The highest BCUT2D eigenvalue weighted by molar-refractivity contribution is 5.73. The summed E-state index contributed by atoms with van der Waals surface area (Å²) in [5, 5.41) is 12.1. The molecule has 0 atom stereocenters. The molecule has 0 bridgehead atoms. The third-order valence-electron chi connectivity index (χ3n) is 2.68. The third-order valence-corrected chi connectivity index (χ3v) is 2.68. The van der Waals surface area contributed by atoms with E-state index >= 15 is 0 Å². The summed E-state index contributed by atoms with van der Waals surface area (Å²) in [4.78, 5) is 10.8. The molecule has 0 radical (unpaired) electrons. The maximum atomic E-state index is 10.8. The van der Waals surface area contributed by atoms with Crippen molar-refractivity contribution < 1.29 is 9.90 Å². The van der Waals surface area contributed by atoms with Gasteiger partial charge in [-0.15, -0.1) is 0 Å². The minimum atomic E-state index is -0.816. The van der Waals surface area contributed by atoms with Gasteiger partial charge in [-0.2, -0.15) is 0 Å². The zero-order valence-electron chi connectivity index (χ0n) is 9.97. The lowest BCUT2D eigenvalue weighted by Crippen LogP contribution is -2.06. The molecule has 0 aliphatic rings. The number of hydrogen-bond acceptors (Lipinski definition) is 2. The van der Waals surface area contributed by atoms with Gasteiger partial charge in [0, 0.05) is 12.2 Å². The second kappa shape index (κ2) is 5.87. The molecule has 2 N–H and O–H groups in total. The summed E-state index contributed by atoms with van der Waals surface area (Å²) in [5.74, 6) is -0.816. The Kier molecular flexibility index (Phi) is 3.97. The SMILES string of the molecule is O=C(O)Cc1ccccc1NCc1ccccc1. The van der Waals surface area contributed by atoms with E-state index in [1.165, 1.54) is 5.56 Å². The number of carboxylic acid groups (broad SMARTS) is 1. The van der Waals surface area contributed by atoms with Crippen LogP contribution in [0.15, 0.2) is 54.6 Å². The molecule has 0 heterocycles. The molecule has 2 aromatic carbocycles. The molecule has 18 heavy (non-hydrogen) atoms. The number of anilines is 1. The van der Waals surface area contributed by atoms with Gasteiger partial charge in [-0.1, -0.05) is 48.5 Å². The van der Waals surface area contributed by atoms with Gasteiger partial charge in [-0.25, -0.2) is 0 Å². The number of benzene rings is 2. The fraction of sp³-hybridized carbons (Fsp3) is 0.133. The summed E-state index contributed by atoms with van der Waals surface area (Å²) < 4.78 is 0. The zero-order chi connectivity index (χ0) is 12.8. The van der Waals surface area contributed by atoms with E-state index in [9.17, 15) is 4.79 Å². The van der Waals surface area contributed by atoms with Crippen molar-refractivity contribution in [2.75, 3.05) is 5.32 Å². The summed E-state index contributed by atoms with van der Waals surface area (Å²) in [7, 11) is 0. The summed E-state index contributed by atoms with van der Waals surface area (Å²) in [5.41, 5.74) is 2.85. The van der Waals surface area contributed by atoms with Gasteiger partial charge in [-0.05, 0) is 17.2 Å². The van der Waals surface area contributed by atoms with Gasteiger partial charge < -0.3 is 10.4 Å². The molecular weight excluding hydrogens is 226 g/mol. The van der Waals surface area contributed by atoms with Crippen LogP contribution in [0.2, 0.25) is 0 Å². The molecule has 0 spiro atoms. The molecule has 0 aromatic heterocycles. The number of hydrogen-bond donors (Lipinski definition) is 2. The normalized spacial score (nSPS) is 10.0. The van der Waals surface area contributed by atoms with Crippen LogP contribution in [-0.4, -0.2) is 11.1 Å². The highest BCUT2D eigenvalue weighted by atomic mass is 16.4. The second-order valence-corrected chi connectivity index (χ2v) is 4.07. The number of para-hydroxylation sites is 1. The molecular formula is C15H15NO2. The average Bonchev–Trinajstić information content (AvgIpc) is 2.38. The topological polar surface area (TPSA) is 49.3 Å². The predicted molar refractivity (Wildman–Crippen MR) is 71.6 cm³/mol. The van der Waals surface area contributed by atoms with E-state index < -0.39 is 5.97 Å². The van der Waals surface area contributed by atoms with Gasteiger partial charge in [0.2, 0.25) is 0 Å². The molecule has 0 amide bonds. The lowest BCUT2D eigenvalue weighted by molar-refractivity contribution is -0.136. The third kappa shape index (κ3) is 3.35. The molecule has 0 saturated carbocycles. The van der Waals surface area contributed by atoms with E-state index in [4.69, 9.17) is 5.11 Å². The van der Waals surface area contributed by atoms with E-state index in [1.807, 2.05) is 54.6 Å². The summed E-state index contributed by atoms with van der Waals surface area (Å²) in [6, 6.07) is 17.5. The Bertz CT molecular complexity index is 523. The highest BCUT2D eigenvalue weighted by Crippen LogP contribution is 2.16. The molecule has 3 nitrogen and oxygen atoms in total. The summed E-state index contributed by atoms with van der Waals surface area (Å²) >= 11 is 0. The lowest BCUT2D eigenvalue weighted by Gasteiger charge is -2.10. The molecule has 0 unspecified atom stereocenters. The fourth-order valence-corrected chi connectivity index (χ4v) is 1.80. The smallest absolute Gasteiger partial charge is 0.307 e. The molecule has 3 heteroatoms. The van der Waals surface area contributed by atoms with Gasteiger partial charge >= 0.3 is 5.97 Å². The van der Waals surface area contributed by atoms with Crippen molar-refractivity contribution >= 4 is 11.7 Å². The number of aliphatic carboxylic acids is 1. The fourth-order valence-electron chi connectivity index (χ4n) is 1.80. The number of nitrogens with one attached hydrogen (secondary N) is 1. The van der Waals surface area contributed by atoms with Crippen LogP contribution < -0.4 is 5.32 Å². The molecule has 92 valence electrons. The van der Waals surface area contributed by atoms with E-state index in [2.05, 4.69) is 5.32 Å². The monoisotopic (exact) mass is 241 g/mol. The molecule has 2 rings (SSSR count). The van der Waals surface area contributed by atoms with E-state index in [0.717, 1.165) is 11.3 Å². The molecule has 0 fully saturated rings. The van der Waals surface area contributed by atoms with Crippen LogP contribution in [-0.2, 0) is 17.8 Å². The van der Waals surface area contributed by atoms with Crippen LogP contribution in [0.5, 0.6) is 0 Å². The zero-order valence-corrected chi connectivity index (χ0v) is 9.97. The average molecular weight is 241 g/mol. The van der Waals surface area contributed by atoms with Crippen molar-refractivity contribution in [2.24, 2.45) is 0 Å². The van der Waals surface area contributed by atoms with Crippen molar-refractivity contribution in [3.63, 3.8) is 0 Å². The van der Waals surface area contributed by atoms with E-state index in [-0.39, 0.29) is 6.42 Å². The molecule has 0 aliphatic heterocycles. The Balaban J connectivity index is 2.07. The van der Waals surface area contributed by atoms with Crippen molar-refractivity contribution in [1.82, 2.24) is 0 Å². The first-order chi connectivity index (χ1) is 8.75. The quantitative estimate of drug-likeness (QED) is 0.846. The minimum Gasteiger partial charge on any atom is -0.481 e. The summed E-state index contributed by atoms with van der Waals surface area (Å²) in [6.45, 7) is 0.692. The van der Waals surface area contributed by atoms with Crippen LogP contribution in [0, 0.1) is 0 Å². The van der Waals surface area contributed by atoms with Crippen molar-refractivity contribution in [3.05, 3.63) is 65.7 Å². The number of carboxylic acids is 1. The van der Waals surface area contributed by atoms with Gasteiger partial charge in [-0.3, -0.25) is 4.79 Å².